The summed E-state index contributed by atoms with van der Waals surface area (Å²) in [5.41, 5.74) is 0.978. The van der Waals surface area contributed by atoms with Gasteiger partial charge in [-0.25, -0.2) is 22.9 Å². The fraction of sp³-hybridized carbons (Fsp3) is 0.231. The van der Waals surface area contributed by atoms with Crippen LogP contribution in [0.25, 0.3) is 0 Å². The maximum atomic E-state index is 12.7. The van der Waals surface area contributed by atoms with E-state index in [-0.39, 0.29) is 45.9 Å². The van der Waals surface area contributed by atoms with E-state index < -0.39 is 22.0 Å². The van der Waals surface area contributed by atoms with Crippen molar-refractivity contribution in [3.8, 4) is 11.6 Å². The van der Waals surface area contributed by atoms with Gasteiger partial charge in [0.15, 0.2) is 0 Å². The monoisotopic (exact) mass is 590 g/mol. The molecule has 3 rings (SSSR count). The second kappa shape index (κ2) is 14.3. The summed E-state index contributed by atoms with van der Waals surface area (Å²) >= 11 is 6.09. The number of hydrogen-bond acceptors (Lipinski definition) is 9. The van der Waals surface area contributed by atoms with Crippen LogP contribution in [0.15, 0.2) is 65.7 Å². The number of carbonyl (C=O) groups is 3. The van der Waals surface area contributed by atoms with Crippen molar-refractivity contribution in [2.24, 2.45) is 0 Å². The van der Waals surface area contributed by atoms with Crippen LogP contribution < -0.4 is 24.8 Å². The zero-order chi connectivity index (χ0) is 29.1. The second-order valence-electron chi connectivity index (χ2n) is 8.12. The van der Waals surface area contributed by atoms with Crippen LogP contribution in [0, 0.1) is 0 Å². The second-order valence-corrected chi connectivity index (χ2v) is 10.2. The van der Waals surface area contributed by atoms with Crippen LogP contribution in [-0.2, 0) is 21.2 Å². The van der Waals surface area contributed by atoms with Crippen molar-refractivity contribution in [2.75, 3.05) is 33.9 Å². The van der Waals surface area contributed by atoms with Gasteiger partial charge in [-0.3, -0.25) is 9.59 Å². The number of hydrogen-bond donors (Lipinski definition) is 3. The first kappa shape index (κ1) is 30.3. The average Bonchev–Trinajstić information content (AvgIpc) is 2.94. The van der Waals surface area contributed by atoms with Crippen molar-refractivity contribution in [2.45, 2.75) is 11.3 Å². The molecule has 0 unspecified atom stereocenters. The number of nitrogens with one attached hydrogen (secondary N) is 3. The first-order valence-electron chi connectivity index (χ1n) is 11.8. The summed E-state index contributed by atoms with van der Waals surface area (Å²) in [5, 5.41) is 5.49. The number of methoxy groups -OCH3 is 2. The molecule has 0 saturated carbocycles. The number of aromatic nitrogens is 1. The van der Waals surface area contributed by atoms with E-state index in [1.165, 1.54) is 44.6 Å². The summed E-state index contributed by atoms with van der Waals surface area (Å²) in [6.45, 7) is 0.819. The number of carbonyl (C=O) groups excluding carboxylic acids is 3. The molecule has 0 aliphatic rings. The molecule has 40 heavy (non-hydrogen) atoms. The molecule has 0 bridgehead atoms. The van der Waals surface area contributed by atoms with Crippen molar-refractivity contribution in [1.82, 2.24) is 20.3 Å². The summed E-state index contributed by atoms with van der Waals surface area (Å²) in [4.78, 5) is 40.3. The van der Waals surface area contributed by atoms with Gasteiger partial charge in [-0.2, -0.15) is 0 Å². The first-order chi connectivity index (χ1) is 19.1. The minimum Gasteiger partial charge on any atom is -0.497 e. The highest BCUT2D eigenvalue weighted by molar-refractivity contribution is 7.90. The van der Waals surface area contributed by atoms with Crippen molar-refractivity contribution in [3.05, 3.63) is 82.5 Å². The van der Waals surface area contributed by atoms with Crippen LogP contribution in [0.3, 0.4) is 0 Å². The molecular weight excluding hydrogens is 564 g/mol. The Balaban J connectivity index is 1.52. The Morgan fingerprint density at radius 2 is 1.68 bits per heavy atom. The Bertz CT molecular complexity index is 1450. The number of benzene rings is 2. The van der Waals surface area contributed by atoms with Crippen LogP contribution in [-0.4, -0.2) is 65.2 Å². The predicted molar refractivity (Wildman–Crippen MR) is 145 cm³/mol. The van der Waals surface area contributed by atoms with Gasteiger partial charge in [0, 0.05) is 32.5 Å². The van der Waals surface area contributed by atoms with E-state index in [0.29, 0.717) is 18.8 Å². The largest absolute Gasteiger partial charge is 0.497 e. The van der Waals surface area contributed by atoms with E-state index >= 15 is 0 Å². The third-order valence-corrected chi connectivity index (χ3v) is 7.03. The van der Waals surface area contributed by atoms with Gasteiger partial charge in [0.1, 0.15) is 5.75 Å². The molecule has 14 heteroatoms. The average molecular weight is 591 g/mol. The summed E-state index contributed by atoms with van der Waals surface area (Å²) in [5.74, 6) is -0.858. The molecule has 1 heterocycles. The number of pyridine rings is 1. The number of amides is 3. The molecule has 0 aliphatic heterocycles. The summed E-state index contributed by atoms with van der Waals surface area (Å²) < 4.78 is 42.2. The standard InChI is InChI=1S/C26H27ClN4O8S/c1-37-14-13-29-26(34)39-23-10-5-18(16-30-23)24(32)31-40(35,36)20-7-3-17(4-8-20)11-12-28-25(33)21-15-19(38-2)6-9-22(21)27/h3-10,15-16H,11-14H2,1-2H3,(H,28,33)(H,29,34)(H,31,32). The molecule has 0 spiro atoms. The zero-order valence-corrected chi connectivity index (χ0v) is 23.2. The van der Waals surface area contributed by atoms with Gasteiger partial charge in [-0.1, -0.05) is 23.7 Å². The zero-order valence-electron chi connectivity index (χ0n) is 21.6. The van der Waals surface area contributed by atoms with E-state index in [0.717, 1.165) is 11.8 Å². The highest BCUT2D eigenvalue weighted by Gasteiger charge is 2.19. The van der Waals surface area contributed by atoms with E-state index in [2.05, 4.69) is 15.6 Å². The lowest BCUT2D eigenvalue weighted by molar-refractivity contribution is 0.0951. The Morgan fingerprint density at radius 1 is 0.925 bits per heavy atom. The van der Waals surface area contributed by atoms with Crippen molar-refractivity contribution in [1.29, 1.82) is 0 Å². The van der Waals surface area contributed by atoms with Crippen LogP contribution in [0.5, 0.6) is 11.6 Å². The molecular formula is C26H27ClN4O8S. The fourth-order valence-corrected chi connectivity index (χ4v) is 4.43. The molecule has 0 fully saturated rings. The Hall–Kier alpha value is -4.20. The molecule has 0 atom stereocenters. The molecule has 212 valence electrons. The lowest BCUT2D eigenvalue weighted by Crippen LogP contribution is -2.31. The quantitative estimate of drug-likeness (QED) is 0.269. The van der Waals surface area contributed by atoms with Gasteiger partial charge in [-0.05, 0) is 48.4 Å². The highest BCUT2D eigenvalue weighted by Crippen LogP contribution is 2.22. The van der Waals surface area contributed by atoms with Crippen LogP contribution in [0.4, 0.5) is 4.79 Å². The molecule has 0 radical (unpaired) electrons. The van der Waals surface area contributed by atoms with Crippen LogP contribution in [0.2, 0.25) is 5.02 Å². The van der Waals surface area contributed by atoms with Gasteiger partial charge < -0.3 is 24.8 Å². The first-order valence-corrected chi connectivity index (χ1v) is 13.7. The minimum absolute atomic E-state index is 0.0563. The van der Waals surface area contributed by atoms with E-state index in [9.17, 15) is 22.8 Å². The molecule has 1 aromatic heterocycles. The highest BCUT2D eigenvalue weighted by atomic mass is 35.5. The van der Waals surface area contributed by atoms with Crippen LogP contribution in [0.1, 0.15) is 26.3 Å². The molecule has 0 aliphatic carbocycles. The third kappa shape index (κ3) is 8.66. The maximum absolute atomic E-state index is 12.7. The molecule has 12 nitrogen and oxygen atoms in total. The number of ether oxygens (including phenoxy) is 3. The lowest BCUT2D eigenvalue weighted by Gasteiger charge is -2.10. The van der Waals surface area contributed by atoms with Gasteiger partial charge >= 0.3 is 6.09 Å². The van der Waals surface area contributed by atoms with E-state index in [4.69, 9.17) is 25.8 Å². The Morgan fingerprint density at radius 3 is 2.33 bits per heavy atom. The van der Waals surface area contributed by atoms with Gasteiger partial charge in [0.25, 0.3) is 21.8 Å². The fourth-order valence-electron chi connectivity index (χ4n) is 3.26. The molecule has 0 saturated heterocycles. The smallest absolute Gasteiger partial charge is 0.414 e. The van der Waals surface area contributed by atoms with Crippen molar-refractivity contribution >= 4 is 39.5 Å². The van der Waals surface area contributed by atoms with E-state index in [1.807, 2.05) is 4.72 Å². The number of nitrogens with zero attached hydrogens (tertiary/aromatic N) is 1. The summed E-state index contributed by atoms with van der Waals surface area (Å²) in [7, 11) is -1.21. The third-order valence-electron chi connectivity index (χ3n) is 5.35. The molecule has 3 aromatic rings. The van der Waals surface area contributed by atoms with Gasteiger partial charge in [0.05, 0.1) is 34.8 Å². The van der Waals surface area contributed by atoms with E-state index in [1.54, 1.807) is 24.3 Å². The summed E-state index contributed by atoms with van der Waals surface area (Å²) in [6, 6.07) is 13.1. The van der Waals surface area contributed by atoms with Crippen molar-refractivity contribution in [3.63, 3.8) is 0 Å². The molecule has 3 N–H and O–H groups in total. The molecule has 3 amide bonds. The number of halogens is 1. The number of rotatable bonds is 12. The van der Waals surface area contributed by atoms with Gasteiger partial charge in [0.2, 0.25) is 5.88 Å². The summed E-state index contributed by atoms with van der Waals surface area (Å²) in [6.07, 6.45) is 0.750. The predicted octanol–water partition coefficient (Wildman–Crippen LogP) is 2.57. The normalized spacial score (nSPS) is 10.9. The Kier molecular flexibility index (Phi) is 10.8. The topological polar surface area (TPSA) is 162 Å². The van der Waals surface area contributed by atoms with Crippen LogP contribution >= 0.6 is 11.6 Å². The molecule has 2 aromatic carbocycles. The van der Waals surface area contributed by atoms with Gasteiger partial charge in [-0.15, -0.1) is 0 Å². The SMILES string of the molecule is COCCNC(=O)Oc1ccc(C(=O)NS(=O)(=O)c2ccc(CCNC(=O)c3cc(OC)ccc3Cl)cc2)cn1. The van der Waals surface area contributed by atoms with Crippen molar-refractivity contribution < 1.29 is 37.0 Å². The minimum atomic E-state index is -4.18. The maximum Gasteiger partial charge on any atom is 0.414 e. The Labute approximate surface area is 236 Å². The lowest BCUT2D eigenvalue weighted by atomic mass is 10.1. The number of sulfonamides is 1.